The summed E-state index contributed by atoms with van der Waals surface area (Å²) in [6, 6.07) is 4.20. The molecule has 1 rings (SSSR count). The van der Waals surface area contributed by atoms with Crippen LogP contribution in [0.4, 0.5) is 18.0 Å². The Morgan fingerprint density at radius 2 is 2.05 bits per heavy atom. The van der Waals surface area contributed by atoms with Gasteiger partial charge >= 0.3 is 12.2 Å². The standard InChI is InChI=1S/C12H14ClF3N2O2/c1-20-10-6-9(13)3-2-8(10)7-18-11(19)17-5-4-12(14,15)16/h2-3,6H,4-5,7H2,1H3,(H2,17,18,19). The van der Waals surface area contributed by atoms with Gasteiger partial charge in [-0.2, -0.15) is 13.2 Å². The largest absolute Gasteiger partial charge is 0.496 e. The van der Waals surface area contributed by atoms with E-state index in [1.807, 2.05) is 0 Å². The van der Waals surface area contributed by atoms with Crippen LogP contribution in [0.5, 0.6) is 5.75 Å². The van der Waals surface area contributed by atoms with Gasteiger partial charge in [0, 0.05) is 23.7 Å². The minimum absolute atomic E-state index is 0.123. The molecule has 1 aromatic rings. The van der Waals surface area contributed by atoms with Crippen LogP contribution in [-0.2, 0) is 6.54 Å². The molecule has 1 aromatic carbocycles. The lowest BCUT2D eigenvalue weighted by atomic mass is 10.2. The molecule has 0 bridgehead atoms. The summed E-state index contributed by atoms with van der Waals surface area (Å²) >= 11 is 5.78. The predicted octanol–water partition coefficient (Wildman–Crippen LogP) is 3.10. The molecular weight excluding hydrogens is 297 g/mol. The highest BCUT2D eigenvalue weighted by Crippen LogP contribution is 2.22. The third kappa shape index (κ3) is 6.01. The van der Waals surface area contributed by atoms with Gasteiger partial charge in [-0.1, -0.05) is 17.7 Å². The van der Waals surface area contributed by atoms with Gasteiger partial charge in [0.15, 0.2) is 0 Å². The molecule has 0 atom stereocenters. The van der Waals surface area contributed by atoms with Crippen LogP contribution in [0.1, 0.15) is 12.0 Å². The fourth-order valence-electron chi connectivity index (χ4n) is 1.42. The number of hydrogen-bond acceptors (Lipinski definition) is 2. The van der Waals surface area contributed by atoms with E-state index in [4.69, 9.17) is 16.3 Å². The van der Waals surface area contributed by atoms with Crippen LogP contribution >= 0.6 is 11.6 Å². The van der Waals surface area contributed by atoms with Crippen molar-refractivity contribution >= 4 is 17.6 Å². The first kappa shape index (κ1) is 16.4. The van der Waals surface area contributed by atoms with E-state index < -0.39 is 25.2 Å². The van der Waals surface area contributed by atoms with Crippen molar-refractivity contribution in [3.8, 4) is 5.75 Å². The summed E-state index contributed by atoms with van der Waals surface area (Å²) in [5.74, 6) is 0.494. The summed E-state index contributed by atoms with van der Waals surface area (Å²) in [5, 5.41) is 5.05. The zero-order valence-corrected chi connectivity index (χ0v) is 11.4. The number of nitrogens with one attached hydrogen (secondary N) is 2. The second-order valence-electron chi connectivity index (χ2n) is 3.93. The SMILES string of the molecule is COc1cc(Cl)ccc1CNC(=O)NCCC(F)(F)F. The molecule has 8 heteroatoms. The molecule has 0 aromatic heterocycles. The molecule has 2 amide bonds. The molecule has 0 heterocycles. The molecule has 0 unspecified atom stereocenters. The van der Waals surface area contributed by atoms with Crippen molar-refractivity contribution < 1.29 is 22.7 Å². The monoisotopic (exact) mass is 310 g/mol. The average molecular weight is 311 g/mol. The lowest BCUT2D eigenvalue weighted by molar-refractivity contribution is -0.132. The second kappa shape index (κ2) is 7.23. The number of alkyl halides is 3. The Labute approximate surface area is 119 Å². The number of benzene rings is 1. The zero-order valence-electron chi connectivity index (χ0n) is 10.7. The van der Waals surface area contributed by atoms with Crippen molar-refractivity contribution in [1.29, 1.82) is 0 Å². The highest BCUT2D eigenvalue weighted by atomic mass is 35.5. The van der Waals surface area contributed by atoms with E-state index in [1.165, 1.54) is 7.11 Å². The Morgan fingerprint density at radius 3 is 2.65 bits per heavy atom. The summed E-state index contributed by atoms with van der Waals surface area (Å²) in [6.45, 7) is -0.342. The molecule has 0 aliphatic rings. The maximum absolute atomic E-state index is 11.9. The van der Waals surface area contributed by atoms with Gasteiger partial charge in [0.05, 0.1) is 13.5 Å². The van der Waals surface area contributed by atoms with E-state index in [-0.39, 0.29) is 6.54 Å². The van der Waals surface area contributed by atoms with E-state index in [1.54, 1.807) is 18.2 Å². The number of carbonyl (C=O) groups excluding carboxylic acids is 1. The molecule has 0 aliphatic heterocycles. The summed E-state index contributed by atoms with van der Waals surface area (Å²) in [6.07, 6.45) is -5.35. The molecule has 0 fully saturated rings. The van der Waals surface area contributed by atoms with E-state index in [0.717, 1.165) is 0 Å². The minimum Gasteiger partial charge on any atom is -0.496 e. The van der Waals surface area contributed by atoms with Crippen LogP contribution in [0.2, 0.25) is 5.02 Å². The molecule has 0 saturated heterocycles. The van der Waals surface area contributed by atoms with Gasteiger partial charge in [-0.15, -0.1) is 0 Å². The van der Waals surface area contributed by atoms with Gasteiger partial charge in [0.25, 0.3) is 0 Å². The van der Waals surface area contributed by atoms with E-state index >= 15 is 0 Å². The third-order valence-corrected chi connectivity index (χ3v) is 2.62. The molecule has 0 aliphatic carbocycles. The topological polar surface area (TPSA) is 50.4 Å². The lowest BCUT2D eigenvalue weighted by Gasteiger charge is -2.11. The normalized spacial score (nSPS) is 11.1. The van der Waals surface area contributed by atoms with Crippen LogP contribution in [0, 0.1) is 0 Å². The van der Waals surface area contributed by atoms with Crippen molar-refractivity contribution in [2.75, 3.05) is 13.7 Å². The number of methoxy groups -OCH3 is 1. The van der Waals surface area contributed by atoms with Crippen LogP contribution in [-0.4, -0.2) is 25.9 Å². The van der Waals surface area contributed by atoms with Crippen molar-refractivity contribution in [3.63, 3.8) is 0 Å². The first-order valence-corrected chi connectivity index (χ1v) is 6.10. The Hall–Kier alpha value is -1.63. The number of ether oxygens (including phenoxy) is 1. The van der Waals surface area contributed by atoms with Gasteiger partial charge < -0.3 is 15.4 Å². The van der Waals surface area contributed by atoms with Crippen molar-refractivity contribution in [1.82, 2.24) is 10.6 Å². The molecule has 2 N–H and O–H groups in total. The average Bonchev–Trinajstić information content (AvgIpc) is 2.35. The number of amides is 2. The van der Waals surface area contributed by atoms with Crippen molar-refractivity contribution in [2.45, 2.75) is 19.1 Å². The molecular formula is C12H14ClF3N2O2. The highest BCUT2D eigenvalue weighted by molar-refractivity contribution is 6.30. The van der Waals surface area contributed by atoms with Crippen LogP contribution in [0.3, 0.4) is 0 Å². The van der Waals surface area contributed by atoms with Gasteiger partial charge in [-0.3, -0.25) is 0 Å². The van der Waals surface area contributed by atoms with Crippen LogP contribution < -0.4 is 15.4 Å². The van der Waals surface area contributed by atoms with E-state index in [9.17, 15) is 18.0 Å². The molecule has 20 heavy (non-hydrogen) atoms. The first-order valence-electron chi connectivity index (χ1n) is 5.72. The Bertz CT molecular complexity index is 467. The number of carbonyl (C=O) groups is 1. The molecule has 0 radical (unpaired) electrons. The van der Waals surface area contributed by atoms with Gasteiger partial charge in [-0.25, -0.2) is 4.79 Å². The third-order valence-electron chi connectivity index (χ3n) is 2.38. The Kier molecular flexibility index (Phi) is 5.94. The lowest BCUT2D eigenvalue weighted by Crippen LogP contribution is -2.36. The second-order valence-corrected chi connectivity index (χ2v) is 4.37. The fraction of sp³-hybridized carbons (Fsp3) is 0.417. The number of urea groups is 1. The maximum atomic E-state index is 11.9. The summed E-state index contributed by atoms with van der Waals surface area (Å²) in [5.41, 5.74) is 0.669. The van der Waals surface area contributed by atoms with Crippen molar-refractivity contribution in [3.05, 3.63) is 28.8 Å². The summed E-state index contributed by atoms with van der Waals surface area (Å²) in [7, 11) is 1.46. The maximum Gasteiger partial charge on any atom is 0.390 e. The number of hydrogen-bond donors (Lipinski definition) is 2. The molecule has 4 nitrogen and oxygen atoms in total. The van der Waals surface area contributed by atoms with Crippen LogP contribution in [0.25, 0.3) is 0 Å². The quantitative estimate of drug-likeness (QED) is 0.878. The van der Waals surface area contributed by atoms with Gasteiger partial charge in [0.2, 0.25) is 0 Å². The molecule has 0 saturated carbocycles. The summed E-state index contributed by atoms with van der Waals surface area (Å²) in [4.78, 5) is 11.3. The van der Waals surface area contributed by atoms with Crippen LogP contribution in [0.15, 0.2) is 18.2 Å². The smallest absolute Gasteiger partial charge is 0.390 e. The van der Waals surface area contributed by atoms with Crippen molar-refractivity contribution in [2.24, 2.45) is 0 Å². The summed E-state index contributed by atoms with van der Waals surface area (Å²) < 4.78 is 40.8. The van der Waals surface area contributed by atoms with Gasteiger partial charge in [-0.05, 0) is 12.1 Å². The first-order chi connectivity index (χ1) is 9.31. The van der Waals surface area contributed by atoms with E-state index in [2.05, 4.69) is 10.6 Å². The Balaban J connectivity index is 2.41. The number of halogens is 4. The minimum atomic E-state index is -4.29. The Morgan fingerprint density at radius 1 is 1.35 bits per heavy atom. The number of rotatable bonds is 5. The molecule has 0 spiro atoms. The highest BCUT2D eigenvalue weighted by Gasteiger charge is 2.26. The fourth-order valence-corrected chi connectivity index (χ4v) is 1.58. The predicted molar refractivity (Wildman–Crippen MR) is 68.9 cm³/mol. The van der Waals surface area contributed by atoms with Gasteiger partial charge in [0.1, 0.15) is 5.75 Å². The van der Waals surface area contributed by atoms with E-state index in [0.29, 0.717) is 16.3 Å². The zero-order chi connectivity index (χ0) is 15.2. The molecule has 112 valence electrons.